The van der Waals surface area contributed by atoms with Crippen LogP contribution in [0.15, 0.2) is 17.7 Å². The fraction of sp³-hybridized carbons (Fsp3) is 0.438. The number of hydrogen-bond donors (Lipinski definition) is 0. The highest BCUT2D eigenvalue weighted by molar-refractivity contribution is 8.26. The van der Waals surface area contributed by atoms with Gasteiger partial charge in [0.1, 0.15) is 17.4 Å². The van der Waals surface area contributed by atoms with E-state index < -0.39 is 10.6 Å². The minimum absolute atomic E-state index is 0.273. The molecule has 0 bridgehead atoms. The van der Waals surface area contributed by atoms with Crippen LogP contribution >= 0.6 is 10.6 Å². The Balaban J connectivity index is 1.79. The SMILES string of the molecule is COc1ncnc(C2CC2)c1-c1nc(S2(C)OCO2)c2c(ncn2C)n1. The number of ether oxygens (including phenoxy) is 1. The molecule has 9 nitrogen and oxygen atoms in total. The molecule has 0 N–H and O–H groups in total. The van der Waals surface area contributed by atoms with Crippen LogP contribution in [0.3, 0.4) is 0 Å². The summed E-state index contributed by atoms with van der Waals surface area (Å²) < 4.78 is 18.9. The Morgan fingerprint density at radius 3 is 2.65 bits per heavy atom. The molecule has 1 aliphatic heterocycles. The molecule has 1 saturated heterocycles. The third kappa shape index (κ3) is 2.29. The molecule has 1 aliphatic carbocycles. The van der Waals surface area contributed by atoms with E-state index in [0.29, 0.717) is 23.3 Å². The summed E-state index contributed by atoms with van der Waals surface area (Å²) in [7, 11) is 1.60. The predicted molar refractivity (Wildman–Crippen MR) is 94.7 cm³/mol. The van der Waals surface area contributed by atoms with E-state index in [4.69, 9.17) is 18.1 Å². The van der Waals surface area contributed by atoms with Crippen molar-refractivity contribution in [2.24, 2.45) is 7.05 Å². The van der Waals surface area contributed by atoms with E-state index in [0.717, 1.165) is 34.6 Å². The molecular formula is C16H18N6O3S. The Morgan fingerprint density at radius 1 is 1.19 bits per heavy atom. The Labute approximate surface area is 151 Å². The van der Waals surface area contributed by atoms with Crippen LogP contribution in [0.4, 0.5) is 0 Å². The number of methoxy groups -OCH3 is 1. The zero-order chi connectivity index (χ0) is 17.9. The first kappa shape index (κ1) is 15.9. The second-order valence-electron chi connectivity index (χ2n) is 6.42. The highest BCUT2D eigenvalue weighted by Gasteiger charge is 2.36. The largest absolute Gasteiger partial charge is 0.480 e. The van der Waals surface area contributed by atoms with Gasteiger partial charge in [-0.2, -0.15) is 0 Å². The van der Waals surface area contributed by atoms with Crippen molar-refractivity contribution in [2.75, 3.05) is 20.2 Å². The highest BCUT2D eigenvalue weighted by atomic mass is 32.3. The molecule has 0 radical (unpaired) electrons. The molecular weight excluding hydrogens is 356 g/mol. The Hall–Kier alpha value is -2.30. The molecule has 26 heavy (non-hydrogen) atoms. The van der Waals surface area contributed by atoms with Crippen molar-refractivity contribution >= 4 is 21.8 Å². The summed E-state index contributed by atoms with van der Waals surface area (Å²) in [6.07, 6.45) is 7.37. The summed E-state index contributed by atoms with van der Waals surface area (Å²) in [4.78, 5) is 22.7. The summed E-state index contributed by atoms with van der Waals surface area (Å²) in [5, 5.41) is 0.719. The quantitative estimate of drug-likeness (QED) is 0.642. The van der Waals surface area contributed by atoms with Crippen molar-refractivity contribution in [1.82, 2.24) is 29.5 Å². The maximum absolute atomic E-state index is 5.74. The van der Waals surface area contributed by atoms with Gasteiger partial charge < -0.3 is 9.30 Å². The van der Waals surface area contributed by atoms with Crippen LogP contribution in [0.5, 0.6) is 5.88 Å². The van der Waals surface area contributed by atoms with E-state index in [1.54, 1.807) is 13.4 Å². The van der Waals surface area contributed by atoms with E-state index in [2.05, 4.69) is 19.9 Å². The van der Waals surface area contributed by atoms with E-state index >= 15 is 0 Å². The number of nitrogens with zero attached hydrogens (tertiary/aromatic N) is 6. The average Bonchev–Trinajstić information content (AvgIpc) is 3.42. The van der Waals surface area contributed by atoms with Gasteiger partial charge in [-0.15, -0.1) is 10.6 Å². The molecule has 0 spiro atoms. The van der Waals surface area contributed by atoms with Gasteiger partial charge in [0, 0.05) is 19.2 Å². The number of rotatable bonds is 4. The molecule has 3 aromatic rings. The summed E-state index contributed by atoms with van der Waals surface area (Å²) in [6.45, 7) is 0.273. The van der Waals surface area contributed by atoms with Crippen LogP contribution in [0.1, 0.15) is 24.5 Å². The lowest BCUT2D eigenvalue weighted by Gasteiger charge is -2.45. The van der Waals surface area contributed by atoms with Crippen molar-refractivity contribution in [1.29, 1.82) is 0 Å². The number of aryl methyl sites for hydroxylation is 1. The van der Waals surface area contributed by atoms with E-state index in [9.17, 15) is 0 Å². The monoisotopic (exact) mass is 374 g/mol. The van der Waals surface area contributed by atoms with Gasteiger partial charge in [0.25, 0.3) is 0 Å². The van der Waals surface area contributed by atoms with Crippen LogP contribution in [0, 0.1) is 0 Å². The lowest BCUT2D eigenvalue weighted by atomic mass is 10.1. The second-order valence-corrected chi connectivity index (χ2v) is 8.83. The fourth-order valence-electron chi connectivity index (χ4n) is 3.11. The van der Waals surface area contributed by atoms with Gasteiger partial charge in [-0.05, 0) is 12.8 Å². The van der Waals surface area contributed by atoms with Crippen LogP contribution in [-0.4, -0.2) is 49.6 Å². The van der Waals surface area contributed by atoms with Crippen LogP contribution < -0.4 is 4.74 Å². The Morgan fingerprint density at radius 2 is 2.00 bits per heavy atom. The number of fused-ring (bicyclic) bond motifs is 1. The first-order valence-corrected chi connectivity index (χ1v) is 10.2. The maximum Gasteiger partial charge on any atom is 0.227 e. The second kappa shape index (κ2) is 5.60. The summed E-state index contributed by atoms with van der Waals surface area (Å²) in [6, 6.07) is 0. The highest BCUT2D eigenvalue weighted by Crippen LogP contribution is 2.61. The van der Waals surface area contributed by atoms with E-state index in [1.807, 2.05) is 17.9 Å². The summed E-state index contributed by atoms with van der Waals surface area (Å²) in [5.74, 6) is 1.37. The predicted octanol–water partition coefficient (Wildman–Crippen LogP) is 2.33. The van der Waals surface area contributed by atoms with Gasteiger partial charge in [0.15, 0.2) is 23.3 Å². The molecule has 0 amide bonds. The van der Waals surface area contributed by atoms with Gasteiger partial charge in [-0.25, -0.2) is 33.3 Å². The van der Waals surface area contributed by atoms with E-state index in [1.165, 1.54) is 6.33 Å². The van der Waals surface area contributed by atoms with Crippen molar-refractivity contribution in [3.8, 4) is 17.3 Å². The van der Waals surface area contributed by atoms with E-state index in [-0.39, 0.29) is 6.79 Å². The fourth-order valence-corrected chi connectivity index (χ4v) is 4.56. The Bertz CT molecular complexity index is 1010. The van der Waals surface area contributed by atoms with Gasteiger partial charge >= 0.3 is 0 Å². The summed E-state index contributed by atoms with van der Waals surface area (Å²) in [5.41, 5.74) is 3.06. The van der Waals surface area contributed by atoms with Crippen LogP contribution in [-0.2, 0) is 15.4 Å². The molecule has 0 aromatic carbocycles. The average molecular weight is 374 g/mol. The van der Waals surface area contributed by atoms with Crippen molar-refractivity contribution < 1.29 is 13.1 Å². The summed E-state index contributed by atoms with van der Waals surface area (Å²) >= 11 is 0. The molecule has 4 heterocycles. The number of aromatic nitrogens is 6. The minimum Gasteiger partial charge on any atom is -0.480 e. The molecule has 136 valence electrons. The normalized spacial score (nSPS) is 20.0. The molecule has 0 atom stereocenters. The molecule has 2 fully saturated rings. The lowest BCUT2D eigenvalue weighted by Crippen LogP contribution is -2.23. The topological polar surface area (TPSA) is 97.1 Å². The third-order valence-electron chi connectivity index (χ3n) is 4.66. The lowest BCUT2D eigenvalue weighted by molar-refractivity contribution is 0.0483. The molecule has 10 heteroatoms. The molecule has 2 aliphatic rings. The van der Waals surface area contributed by atoms with Crippen molar-refractivity contribution in [2.45, 2.75) is 23.8 Å². The maximum atomic E-state index is 5.74. The van der Waals surface area contributed by atoms with Gasteiger partial charge in [0.2, 0.25) is 5.88 Å². The molecule has 1 saturated carbocycles. The van der Waals surface area contributed by atoms with Crippen LogP contribution in [0.25, 0.3) is 22.6 Å². The van der Waals surface area contributed by atoms with Crippen molar-refractivity contribution in [3.05, 3.63) is 18.3 Å². The van der Waals surface area contributed by atoms with Gasteiger partial charge in [-0.3, -0.25) is 0 Å². The molecule has 3 aromatic heterocycles. The standard InChI is InChI=1S/C16H18N6O3S/c1-22-7-19-14-12(22)16(26(3)24-8-25-26)21-13(20-14)10-11(9-4-5-9)17-6-18-15(10)23-2/h6-7,9H,4-5,8H2,1-3H3. The Kier molecular flexibility index (Phi) is 3.43. The van der Waals surface area contributed by atoms with Gasteiger partial charge in [-0.1, -0.05) is 0 Å². The number of imidazole rings is 1. The zero-order valence-electron chi connectivity index (χ0n) is 14.7. The zero-order valence-corrected chi connectivity index (χ0v) is 15.5. The minimum atomic E-state index is -1.90. The first-order chi connectivity index (χ1) is 12.6. The van der Waals surface area contributed by atoms with Crippen LogP contribution in [0.2, 0.25) is 0 Å². The third-order valence-corrected chi connectivity index (χ3v) is 6.74. The molecule has 5 rings (SSSR count). The smallest absolute Gasteiger partial charge is 0.227 e. The number of hydrogen-bond acceptors (Lipinski definition) is 8. The van der Waals surface area contributed by atoms with Crippen molar-refractivity contribution in [3.63, 3.8) is 0 Å². The first-order valence-electron chi connectivity index (χ1n) is 8.26. The van der Waals surface area contributed by atoms with Gasteiger partial charge in [0.05, 0.1) is 19.1 Å². The molecule has 0 unspecified atom stereocenters.